The van der Waals surface area contributed by atoms with Crippen LogP contribution in [0, 0.1) is 5.41 Å². The molecule has 0 saturated carbocycles. The Morgan fingerprint density at radius 1 is 1.00 bits per heavy atom. The minimum absolute atomic E-state index is 0.174. The molecule has 0 bridgehead atoms. The molecule has 24 heavy (non-hydrogen) atoms. The standard InChI is InChI=1S/C16H17NO2.BF4/c1-2-18-16(17)14-9-6-10-15(11-14)19-12-13-7-4-3-5-8-13;2-1(3,4)5/h3-11,17H,2,12H2,1H3;/q;-1. The first kappa shape index (κ1) is 19.5. The molecule has 0 heterocycles. The van der Waals surface area contributed by atoms with Gasteiger partial charge >= 0.3 is 7.25 Å². The number of hydrogen-bond donors (Lipinski definition) is 1. The first-order chi connectivity index (χ1) is 11.3. The van der Waals surface area contributed by atoms with Crippen LogP contribution < -0.4 is 4.74 Å². The van der Waals surface area contributed by atoms with Gasteiger partial charge in [-0.1, -0.05) is 36.4 Å². The molecule has 0 atom stereocenters. The Morgan fingerprint density at radius 3 is 2.21 bits per heavy atom. The van der Waals surface area contributed by atoms with E-state index in [1.807, 2.05) is 61.5 Å². The molecule has 0 aliphatic carbocycles. The van der Waals surface area contributed by atoms with E-state index in [4.69, 9.17) is 14.9 Å². The number of hydrogen-bond acceptors (Lipinski definition) is 3. The quantitative estimate of drug-likeness (QED) is 0.362. The number of nitrogens with one attached hydrogen (secondary N) is 1. The van der Waals surface area contributed by atoms with Crippen LogP contribution in [0.15, 0.2) is 54.6 Å². The summed E-state index contributed by atoms with van der Waals surface area (Å²) in [6, 6.07) is 17.4. The molecular formula is C16H17BF4NO2-. The van der Waals surface area contributed by atoms with Crippen molar-refractivity contribution in [3.05, 3.63) is 65.7 Å². The average molecular weight is 342 g/mol. The van der Waals surface area contributed by atoms with Gasteiger partial charge in [0.15, 0.2) is 0 Å². The molecule has 0 aromatic heterocycles. The minimum atomic E-state index is -6.00. The van der Waals surface area contributed by atoms with E-state index in [9.17, 15) is 17.3 Å². The van der Waals surface area contributed by atoms with Crippen LogP contribution in [0.25, 0.3) is 0 Å². The Hall–Kier alpha value is -2.51. The zero-order valence-electron chi connectivity index (χ0n) is 13.0. The third-order valence-corrected chi connectivity index (χ3v) is 2.63. The van der Waals surface area contributed by atoms with Crippen molar-refractivity contribution in [3.8, 4) is 5.75 Å². The normalized spacial score (nSPS) is 10.4. The van der Waals surface area contributed by atoms with Crippen LogP contribution in [-0.4, -0.2) is 19.8 Å². The molecule has 2 rings (SSSR count). The molecular weight excluding hydrogens is 325 g/mol. The van der Waals surface area contributed by atoms with Crippen molar-refractivity contribution in [1.82, 2.24) is 0 Å². The first-order valence-electron chi connectivity index (χ1n) is 7.15. The number of halogens is 4. The van der Waals surface area contributed by atoms with Crippen LogP contribution in [-0.2, 0) is 11.3 Å². The molecule has 0 spiro atoms. The van der Waals surface area contributed by atoms with Crippen molar-refractivity contribution in [2.75, 3.05) is 6.61 Å². The second-order valence-corrected chi connectivity index (χ2v) is 4.56. The summed E-state index contributed by atoms with van der Waals surface area (Å²) in [5.41, 5.74) is 1.85. The van der Waals surface area contributed by atoms with E-state index >= 15 is 0 Å². The summed E-state index contributed by atoms with van der Waals surface area (Å²) in [4.78, 5) is 0. The minimum Gasteiger partial charge on any atom is -0.489 e. The summed E-state index contributed by atoms with van der Waals surface area (Å²) >= 11 is 0. The van der Waals surface area contributed by atoms with Gasteiger partial charge < -0.3 is 26.7 Å². The van der Waals surface area contributed by atoms with E-state index in [-0.39, 0.29) is 5.90 Å². The van der Waals surface area contributed by atoms with Crippen LogP contribution in [0.5, 0.6) is 5.75 Å². The van der Waals surface area contributed by atoms with E-state index in [0.29, 0.717) is 13.2 Å². The van der Waals surface area contributed by atoms with Crippen LogP contribution in [0.4, 0.5) is 17.3 Å². The summed E-state index contributed by atoms with van der Waals surface area (Å²) in [6.07, 6.45) is 0. The van der Waals surface area contributed by atoms with Gasteiger partial charge in [-0.2, -0.15) is 0 Å². The summed E-state index contributed by atoms with van der Waals surface area (Å²) in [6.45, 7) is 2.88. The third-order valence-electron chi connectivity index (χ3n) is 2.63. The summed E-state index contributed by atoms with van der Waals surface area (Å²) in [5.74, 6) is 0.915. The molecule has 0 fully saturated rings. The van der Waals surface area contributed by atoms with Crippen molar-refractivity contribution in [2.45, 2.75) is 13.5 Å². The van der Waals surface area contributed by atoms with Crippen LogP contribution in [0.3, 0.4) is 0 Å². The zero-order chi connectivity index (χ0) is 18.0. The van der Waals surface area contributed by atoms with Gasteiger partial charge in [-0.25, -0.2) is 0 Å². The van der Waals surface area contributed by atoms with Gasteiger partial charge in [0.05, 0.1) is 6.61 Å². The monoisotopic (exact) mass is 342 g/mol. The summed E-state index contributed by atoms with van der Waals surface area (Å²) in [5, 5.41) is 7.74. The lowest BCUT2D eigenvalue weighted by atomic mass is 10.2. The molecule has 2 aromatic rings. The Morgan fingerprint density at radius 2 is 1.62 bits per heavy atom. The van der Waals surface area contributed by atoms with Crippen LogP contribution >= 0.6 is 0 Å². The predicted octanol–water partition coefficient (Wildman–Crippen LogP) is 4.93. The highest BCUT2D eigenvalue weighted by Gasteiger charge is 2.20. The molecule has 0 unspecified atom stereocenters. The van der Waals surface area contributed by atoms with Gasteiger partial charge in [0.2, 0.25) is 5.90 Å². The maximum atomic E-state index is 9.75. The largest absolute Gasteiger partial charge is 0.673 e. The lowest BCUT2D eigenvalue weighted by Gasteiger charge is -2.09. The number of rotatable bonds is 5. The molecule has 0 saturated heterocycles. The van der Waals surface area contributed by atoms with Crippen molar-refractivity contribution < 1.29 is 26.7 Å². The Kier molecular flexibility index (Phi) is 7.81. The topological polar surface area (TPSA) is 42.3 Å². The fourth-order valence-corrected chi connectivity index (χ4v) is 1.70. The number of ether oxygens (including phenoxy) is 2. The van der Waals surface area contributed by atoms with E-state index in [1.54, 1.807) is 0 Å². The van der Waals surface area contributed by atoms with Crippen molar-refractivity contribution >= 4 is 13.2 Å². The average Bonchev–Trinajstić information content (AvgIpc) is 2.53. The predicted molar refractivity (Wildman–Crippen MR) is 85.9 cm³/mol. The molecule has 0 radical (unpaired) electrons. The maximum Gasteiger partial charge on any atom is 0.673 e. The summed E-state index contributed by atoms with van der Waals surface area (Å²) < 4.78 is 49.9. The molecule has 8 heteroatoms. The van der Waals surface area contributed by atoms with E-state index < -0.39 is 7.25 Å². The smallest absolute Gasteiger partial charge is 0.489 e. The van der Waals surface area contributed by atoms with Gasteiger partial charge in [-0.05, 0) is 30.7 Å². The lowest BCUT2D eigenvalue weighted by molar-refractivity contribution is 0.305. The SMILES string of the molecule is CCOC(=N)c1cccc(OCc2ccccc2)c1.F[B-](F)(F)F. The zero-order valence-corrected chi connectivity index (χ0v) is 13.0. The highest BCUT2D eigenvalue weighted by Crippen LogP contribution is 2.16. The molecule has 1 N–H and O–H groups in total. The van der Waals surface area contributed by atoms with Crippen LogP contribution in [0.2, 0.25) is 0 Å². The molecule has 0 amide bonds. The van der Waals surface area contributed by atoms with Gasteiger partial charge in [0, 0.05) is 5.56 Å². The Labute approximate surface area is 137 Å². The van der Waals surface area contributed by atoms with Gasteiger partial charge in [0.1, 0.15) is 12.4 Å². The lowest BCUT2D eigenvalue weighted by Crippen LogP contribution is -2.05. The van der Waals surface area contributed by atoms with Gasteiger partial charge in [0.25, 0.3) is 0 Å². The molecule has 130 valence electrons. The van der Waals surface area contributed by atoms with E-state index in [2.05, 4.69) is 0 Å². The Balaban J connectivity index is 0.000000505. The van der Waals surface area contributed by atoms with Crippen molar-refractivity contribution in [1.29, 1.82) is 5.41 Å². The van der Waals surface area contributed by atoms with Crippen molar-refractivity contribution in [3.63, 3.8) is 0 Å². The highest BCUT2D eigenvalue weighted by atomic mass is 19.5. The second-order valence-electron chi connectivity index (χ2n) is 4.56. The van der Waals surface area contributed by atoms with Crippen LogP contribution in [0.1, 0.15) is 18.1 Å². The highest BCUT2D eigenvalue weighted by molar-refractivity contribution is 6.50. The maximum absolute atomic E-state index is 9.75. The number of benzene rings is 2. The fraction of sp³-hybridized carbons (Fsp3) is 0.188. The van der Waals surface area contributed by atoms with E-state index in [0.717, 1.165) is 16.9 Å². The van der Waals surface area contributed by atoms with Gasteiger partial charge in [-0.15, -0.1) is 0 Å². The third kappa shape index (κ3) is 8.82. The first-order valence-corrected chi connectivity index (χ1v) is 7.15. The summed E-state index contributed by atoms with van der Waals surface area (Å²) in [7, 11) is -6.00. The fourth-order valence-electron chi connectivity index (χ4n) is 1.70. The van der Waals surface area contributed by atoms with Crippen molar-refractivity contribution in [2.24, 2.45) is 0 Å². The molecule has 3 nitrogen and oxygen atoms in total. The van der Waals surface area contributed by atoms with E-state index in [1.165, 1.54) is 0 Å². The Bertz CT molecular complexity index is 629. The molecule has 2 aromatic carbocycles. The second kappa shape index (κ2) is 9.59. The molecule has 0 aliphatic rings. The van der Waals surface area contributed by atoms with Gasteiger partial charge in [-0.3, -0.25) is 5.41 Å². The molecule has 0 aliphatic heterocycles.